The second-order valence-electron chi connectivity index (χ2n) is 7.23. The molecule has 0 saturated heterocycles. The molecule has 146 valence electrons. The summed E-state index contributed by atoms with van der Waals surface area (Å²) in [5.41, 5.74) is 1.76. The maximum atomic E-state index is 13.9. The highest BCUT2D eigenvalue weighted by Gasteiger charge is 2.57. The normalized spacial score (nSPS) is 20.9. The number of ether oxygens (including phenoxy) is 3. The van der Waals surface area contributed by atoms with Crippen LogP contribution in [-0.4, -0.2) is 25.6 Å². The van der Waals surface area contributed by atoms with E-state index in [2.05, 4.69) is 0 Å². The van der Waals surface area contributed by atoms with Gasteiger partial charge in [0.15, 0.2) is 16.6 Å². The van der Waals surface area contributed by atoms with Crippen LogP contribution in [0.3, 0.4) is 0 Å². The first kappa shape index (κ1) is 16.9. The van der Waals surface area contributed by atoms with Gasteiger partial charge in [0.25, 0.3) is 0 Å². The summed E-state index contributed by atoms with van der Waals surface area (Å²) in [4.78, 5) is 15.7. The van der Waals surface area contributed by atoms with Crippen LogP contribution in [0.25, 0.3) is 0 Å². The van der Waals surface area contributed by atoms with Gasteiger partial charge in [0.1, 0.15) is 23.5 Å². The zero-order valence-electron chi connectivity index (χ0n) is 15.6. The summed E-state index contributed by atoms with van der Waals surface area (Å²) in [5.74, 6) is 2.70. The van der Waals surface area contributed by atoms with Crippen molar-refractivity contribution in [2.75, 3.05) is 24.6 Å². The van der Waals surface area contributed by atoms with E-state index < -0.39 is 5.41 Å². The van der Waals surface area contributed by atoms with Crippen molar-refractivity contribution in [3.05, 3.63) is 65.4 Å². The molecule has 3 aliphatic heterocycles. The van der Waals surface area contributed by atoms with Gasteiger partial charge in [-0.3, -0.25) is 4.79 Å². The molecule has 6 rings (SSSR count). The Kier molecular flexibility index (Phi) is 3.47. The van der Waals surface area contributed by atoms with E-state index in [4.69, 9.17) is 18.6 Å². The standard InChI is InChI=1S/C22H17NO5S/c1-29-20-7-6-13(28-20)10-23-16-5-3-2-4-14(16)22(21(23)24)11-25-17-9-19-18(8-15(17)22)26-12-27-19/h2-9H,10-12H2,1H3. The molecule has 0 bridgehead atoms. The lowest BCUT2D eigenvalue weighted by atomic mass is 9.77. The lowest BCUT2D eigenvalue weighted by molar-refractivity contribution is -0.122. The number of carbonyl (C=O) groups excluding carboxylic acids is 1. The van der Waals surface area contributed by atoms with Crippen LogP contribution < -0.4 is 19.1 Å². The van der Waals surface area contributed by atoms with Crippen LogP contribution in [0, 0.1) is 0 Å². The van der Waals surface area contributed by atoms with Crippen LogP contribution in [0.5, 0.6) is 17.2 Å². The lowest BCUT2D eigenvalue weighted by Crippen LogP contribution is -2.42. The molecule has 7 heteroatoms. The fraction of sp³-hybridized carbons (Fsp3) is 0.227. The molecule has 1 spiro atoms. The molecule has 29 heavy (non-hydrogen) atoms. The average molecular weight is 407 g/mol. The minimum absolute atomic E-state index is 0.0154. The van der Waals surface area contributed by atoms with Gasteiger partial charge in [0.05, 0.1) is 6.54 Å². The van der Waals surface area contributed by atoms with Crippen LogP contribution in [0.2, 0.25) is 0 Å². The Bertz CT molecular complexity index is 1160. The number of carbonyl (C=O) groups is 1. The van der Waals surface area contributed by atoms with Crippen LogP contribution in [0.15, 0.2) is 58.0 Å². The number of rotatable bonds is 3. The number of fused-ring (bicyclic) bond motifs is 5. The third-order valence-electron chi connectivity index (χ3n) is 5.80. The molecule has 0 radical (unpaired) electrons. The monoisotopic (exact) mass is 407 g/mol. The number of nitrogens with zero attached hydrogens (tertiary/aromatic N) is 1. The van der Waals surface area contributed by atoms with Gasteiger partial charge in [-0.05, 0) is 36.1 Å². The van der Waals surface area contributed by atoms with E-state index in [0.717, 1.165) is 27.7 Å². The maximum absolute atomic E-state index is 13.9. The number of thioether (sulfide) groups is 1. The third kappa shape index (κ3) is 2.22. The van der Waals surface area contributed by atoms with Crippen LogP contribution in [-0.2, 0) is 16.8 Å². The first-order valence-corrected chi connectivity index (χ1v) is 10.5. The predicted molar refractivity (Wildman–Crippen MR) is 107 cm³/mol. The number of para-hydroxylation sites is 1. The highest BCUT2D eigenvalue weighted by molar-refractivity contribution is 7.98. The molecule has 1 aromatic heterocycles. The Morgan fingerprint density at radius 3 is 2.66 bits per heavy atom. The molecule has 1 unspecified atom stereocenters. The molecule has 1 amide bonds. The van der Waals surface area contributed by atoms with Crippen molar-refractivity contribution in [2.45, 2.75) is 17.1 Å². The van der Waals surface area contributed by atoms with Crippen molar-refractivity contribution >= 4 is 23.4 Å². The third-order valence-corrected chi connectivity index (χ3v) is 6.42. The summed E-state index contributed by atoms with van der Waals surface area (Å²) >= 11 is 1.54. The predicted octanol–water partition coefficient (Wildman–Crippen LogP) is 3.96. The minimum atomic E-state index is -0.887. The summed E-state index contributed by atoms with van der Waals surface area (Å²) in [5, 5.41) is 0.830. The van der Waals surface area contributed by atoms with E-state index in [1.807, 2.05) is 54.8 Å². The molecule has 0 aliphatic carbocycles. The van der Waals surface area contributed by atoms with Gasteiger partial charge in [0, 0.05) is 17.3 Å². The van der Waals surface area contributed by atoms with Crippen molar-refractivity contribution in [1.82, 2.24) is 0 Å². The average Bonchev–Trinajstić information content (AvgIpc) is 3.51. The SMILES string of the molecule is CSc1ccc(CN2C(=O)C3(COc4cc5c(cc43)OCO5)c3ccccc32)o1. The zero-order valence-corrected chi connectivity index (χ0v) is 16.5. The van der Waals surface area contributed by atoms with E-state index in [1.54, 1.807) is 4.90 Å². The van der Waals surface area contributed by atoms with Gasteiger partial charge >= 0.3 is 0 Å². The number of amides is 1. The lowest BCUT2D eigenvalue weighted by Gasteiger charge is -2.22. The quantitative estimate of drug-likeness (QED) is 0.613. The van der Waals surface area contributed by atoms with E-state index in [9.17, 15) is 4.79 Å². The minimum Gasteiger partial charge on any atom is -0.491 e. The van der Waals surface area contributed by atoms with Gasteiger partial charge in [0.2, 0.25) is 12.7 Å². The fourth-order valence-corrected chi connectivity index (χ4v) is 4.82. The van der Waals surface area contributed by atoms with Crippen molar-refractivity contribution in [3.63, 3.8) is 0 Å². The summed E-state index contributed by atoms with van der Waals surface area (Å²) in [6.07, 6.45) is 1.96. The first-order chi connectivity index (χ1) is 14.2. The number of hydrogen-bond donors (Lipinski definition) is 0. The Morgan fingerprint density at radius 1 is 1.00 bits per heavy atom. The Morgan fingerprint density at radius 2 is 1.83 bits per heavy atom. The number of furan rings is 1. The number of anilines is 1. The molecule has 0 fully saturated rings. The molecule has 0 N–H and O–H groups in total. The van der Waals surface area contributed by atoms with Crippen molar-refractivity contribution in [1.29, 1.82) is 0 Å². The van der Waals surface area contributed by atoms with Crippen LogP contribution >= 0.6 is 11.8 Å². The van der Waals surface area contributed by atoms with Gasteiger partial charge < -0.3 is 23.5 Å². The topological polar surface area (TPSA) is 61.1 Å². The molecule has 4 heterocycles. The van der Waals surface area contributed by atoms with Gasteiger partial charge in [-0.15, -0.1) is 0 Å². The van der Waals surface area contributed by atoms with Crippen LogP contribution in [0.1, 0.15) is 16.9 Å². The molecule has 3 aliphatic rings. The fourth-order valence-electron chi connectivity index (χ4n) is 4.43. The smallest absolute Gasteiger partial charge is 0.246 e. The van der Waals surface area contributed by atoms with Crippen LogP contribution in [0.4, 0.5) is 5.69 Å². The highest BCUT2D eigenvalue weighted by Crippen LogP contribution is 2.55. The largest absolute Gasteiger partial charge is 0.491 e. The van der Waals surface area contributed by atoms with Crippen molar-refractivity contribution < 1.29 is 23.4 Å². The Labute approximate surface area is 171 Å². The summed E-state index contributed by atoms with van der Waals surface area (Å²) < 4.78 is 22.9. The molecule has 1 atom stereocenters. The summed E-state index contributed by atoms with van der Waals surface area (Å²) in [6.45, 7) is 0.808. The maximum Gasteiger partial charge on any atom is 0.246 e. The Balaban J connectivity index is 1.48. The van der Waals surface area contributed by atoms with Gasteiger partial charge in [-0.1, -0.05) is 30.0 Å². The first-order valence-electron chi connectivity index (χ1n) is 9.32. The Hall–Kier alpha value is -3.06. The van der Waals surface area contributed by atoms with Gasteiger partial charge in [-0.25, -0.2) is 0 Å². The summed E-state index contributed by atoms with van der Waals surface area (Å²) in [7, 11) is 0. The van der Waals surface area contributed by atoms with E-state index in [-0.39, 0.29) is 19.3 Å². The van der Waals surface area contributed by atoms with E-state index >= 15 is 0 Å². The number of hydrogen-bond acceptors (Lipinski definition) is 6. The second kappa shape index (κ2) is 5.97. The van der Waals surface area contributed by atoms with E-state index in [1.165, 1.54) is 11.8 Å². The molecule has 2 aromatic carbocycles. The van der Waals surface area contributed by atoms with E-state index in [0.29, 0.717) is 23.8 Å². The highest BCUT2D eigenvalue weighted by atomic mass is 32.2. The number of benzene rings is 2. The molecular weight excluding hydrogens is 390 g/mol. The molecular formula is C22H17NO5S. The summed E-state index contributed by atoms with van der Waals surface area (Å²) in [6, 6.07) is 15.5. The molecule has 3 aromatic rings. The van der Waals surface area contributed by atoms with Gasteiger partial charge in [-0.2, -0.15) is 0 Å². The van der Waals surface area contributed by atoms with Crippen molar-refractivity contribution in [3.8, 4) is 17.2 Å². The van der Waals surface area contributed by atoms with Crippen molar-refractivity contribution in [2.24, 2.45) is 0 Å². The molecule has 6 nitrogen and oxygen atoms in total. The second-order valence-corrected chi connectivity index (χ2v) is 8.04. The molecule has 0 saturated carbocycles. The zero-order chi connectivity index (χ0) is 19.6.